The molecule has 0 radical (unpaired) electrons. The molecule has 0 aliphatic heterocycles. The molecule has 0 saturated carbocycles. The van der Waals surface area contributed by atoms with Crippen LogP contribution in [-0.2, 0) is 6.42 Å². The number of ether oxygens (including phenoxy) is 1. The zero-order valence-electron chi connectivity index (χ0n) is 9.28. The van der Waals surface area contributed by atoms with Crippen LogP contribution in [0.25, 0.3) is 0 Å². The van der Waals surface area contributed by atoms with Crippen LogP contribution < -0.4 is 4.74 Å². The lowest BCUT2D eigenvalue weighted by atomic mass is 10.1. The molecule has 1 aromatic carbocycles. The zero-order chi connectivity index (χ0) is 12.3. The third-order valence-corrected chi connectivity index (χ3v) is 3.77. The molecule has 0 aliphatic carbocycles. The van der Waals surface area contributed by atoms with Crippen molar-refractivity contribution in [3.8, 4) is 5.75 Å². The first-order chi connectivity index (χ1) is 8.20. The number of methoxy groups -OCH3 is 1. The number of rotatable bonds is 4. The maximum atomic E-state index is 5.38. The van der Waals surface area contributed by atoms with Crippen LogP contribution in [-0.4, -0.2) is 17.1 Å². The fourth-order valence-electron chi connectivity index (χ4n) is 1.63. The Labute approximate surface area is 117 Å². The lowest BCUT2D eigenvalue weighted by molar-refractivity contribution is 0.409. The van der Waals surface area contributed by atoms with Crippen LogP contribution >= 0.6 is 31.9 Å². The highest BCUT2D eigenvalue weighted by Crippen LogP contribution is 2.34. The van der Waals surface area contributed by atoms with Crippen molar-refractivity contribution >= 4 is 31.9 Å². The van der Waals surface area contributed by atoms with Crippen molar-refractivity contribution in [2.45, 2.75) is 11.2 Å². The van der Waals surface area contributed by atoms with Gasteiger partial charge in [-0.25, -0.2) is 4.98 Å². The number of nitrogens with zero attached hydrogens (tertiary/aromatic N) is 1. The number of H-pyrrole nitrogens is 1. The maximum Gasteiger partial charge on any atom is 0.124 e. The van der Waals surface area contributed by atoms with Crippen LogP contribution in [0.5, 0.6) is 5.75 Å². The summed E-state index contributed by atoms with van der Waals surface area (Å²) in [4.78, 5) is 7.49. The van der Waals surface area contributed by atoms with E-state index >= 15 is 0 Å². The van der Waals surface area contributed by atoms with Gasteiger partial charge in [-0.2, -0.15) is 0 Å². The van der Waals surface area contributed by atoms with Crippen molar-refractivity contribution in [2.24, 2.45) is 0 Å². The molecule has 1 unspecified atom stereocenters. The summed E-state index contributed by atoms with van der Waals surface area (Å²) in [6, 6.07) is 6.02. The fraction of sp³-hybridized carbons (Fsp3) is 0.250. The van der Waals surface area contributed by atoms with Gasteiger partial charge in [0.15, 0.2) is 0 Å². The molecule has 1 heterocycles. The van der Waals surface area contributed by atoms with Gasteiger partial charge in [-0.3, -0.25) is 0 Å². The predicted octanol–water partition coefficient (Wildman–Crippen LogP) is 3.86. The maximum absolute atomic E-state index is 5.38. The molecule has 1 atom stereocenters. The summed E-state index contributed by atoms with van der Waals surface area (Å²) in [6.07, 6.45) is 4.38. The van der Waals surface area contributed by atoms with Crippen molar-refractivity contribution in [3.05, 3.63) is 46.5 Å². The second-order valence-electron chi connectivity index (χ2n) is 3.59. The Morgan fingerprint density at radius 2 is 2.29 bits per heavy atom. The summed E-state index contributed by atoms with van der Waals surface area (Å²) < 4.78 is 6.39. The van der Waals surface area contributed by atoms with Crippen LogP contribution in [0.15, 0.2) is 35.1 Å². The van der Waals surface area contributed by atoms with E-state index in [1.807, 2.05) is 24.4 Å². The topological polar surface area (TPSA) is 37.9 Å². The number of aromatic nitrogens is 2. The van der Waals surface area contributed by atoms with Gasteiger partial charge in [0.05, 0.1) is 11.9 Å². The molecule has 1 aromatic heterocycles. The summed E-state index contributed by atoms with van der Waals surface area (Å²) in [7, 11) is 1.68. The number of benzene rings is 1. The van der Waals surface area contributed by atoms with Crippen LogP contribution in [0.4, 0.5) is 0 Å². The summed E-state index contributed by atoms with van der Waals surface area (Å²) in [6.45, 7) is 0. The Morgan fingerprint density at radius 1 is 1.47 bits per heavy atom. The number of hydrogen-bond acceptors (Lipinski definition) is 2. The standard InChI is InChI=1S/C12H12Br2N2O/c1-17-11-6-8(13)2-3-9(11)10(14)7-12-15-4-5-16-12/h2-6,10H,7H2,1H3,(H,15,16). The molecule has 0 bridgehead atoms. The highest BCUT2D eigenvalue weighted by Gasteiger charge is 2.15. The molecule has 2 rings (SSSR count). The first-order valence-electron chi connectivity index (χ1n) is 5.16. The molecule has 0 aliphatic rings. The molecule has 90 valence electrons. The molecule has 17 heavy (non-hydrogen) atoms. The summed E-state index contributed by atoms with van der Waals surface area (Å²) in [5.41, 5.74) is 1.12. The Morgan fingerprint density at radius 3 is 2.94 bits per heavy atom. The fourth-order valence-corrected chi connectivity index (χ4v) is 2.66. The van der Waals surface area contributed by atoms with E-state index in [4.69, 9.17) is 4.74 Å². The van der Waals surface area contributed by atoms with Crippen molar-refractivity contribution in [2.75, 3.05) is 7.11 Å². The summed E-state index contributed by atoms with van der Waals surface area (Å²) in [5, 5.41) is 0. The molecule has 0 amide bonds. The predicted molar refractivity (Wildman–Crippen MR) is 74.7 cm³/mol. The number of alkyl halides is 1. The largest absolute Gasteiger partial charge is 0.496 e. The van der Waals surface area contributed by atoms with Gasteiger partial charge in [0, 0.05) is 28.9 Å². The SMILES string of the molecule is COc1cc(Br)ccc1C(Br)Cc1ncc[nH]1. The van der Waals surface area contributed by atoms with E-state index in [2.05, 4.69) is 41.8 Å². The molecule has 3 nitrogen and oxygen atoms in total. The quantitative estimate of drug-likeness (QED) is 0.841. The number of hydrogen-bond donors (Lipinski definition) is 1. The monoisotopic (exact) mass is 358 g/mol. The van der Waals surface area contributed by atoms with Crippen molar-refractivity contribution < 1.29 is 4.74 Å². The van der Waals surface area contributed by atoms with Gasteiger partial charge in [0.1, 0.15) is 11.6 Å². The van der Waals surface area contributed by atoms with Gasteiger partial charge in [-0.05, 0) is 12.1 Å². The second-order valence-corrected chi connectivity index (χ2v) is 5.61. The zero-order valence-corrected chi connectivity index (χ0v) is 12.5. The van der Waals surface area contributed by atoms with E-state index in [1.54, 1.807) is 13.3 Å². The van der Waals surface area contributed by atoms with E-state index in [1.165, 1.54) is 0 Å². The third-order valence-electron chi connectivity index (χ3n) is 2.46. The number of halogens is 2. The third kappa shape index (κ3) is 3.10. The van der Waals surface area contributed by atoms with Gasteiger partial charge in [-0.1, -0.05) is 37.9 Å². The van der Waals surface area contributed by atoms with Crippen molar-refractivity contribution in [1.82, 2.24) is 9.97 Å². The van der Waals surface area contributed by atoms with Crippen molar-refractivity contribution in [3.63, 3.8) is 0 Å². The van der Waals surface area contributed by atoms with Crippen LogP contribution in [0.3, 0.4) is 0 Å². The highest BCUT2D eigenvalue weighted by atomic mass is 79.9. The molecule has 1 N–H and O–H groups in total. The minimum absolute atomic E-state index is 0.177. The molecular formula is C12H12Br2N2O. The molecular weight excluding hydrogens is 348 g/mol. The van der Waals surface area contributed by atoms with Gasteiger partial charge in [0.25, 0.3) is 0 Å². The highest BCUT2D eigenvalue weighted by molar-refractivity contribution is 9.10. The molecule has 0 spiro atoms. The lowest BCUT2D eigenvalue weighted by Gasteiger charge is -2.13. The molecule has 5 heteroatoms. The van der Waals surface area contributed by atoms with E-state index in [0.29, 0.717) is 0 Å². The van der Waals surface area contributed by atoms with E-state index in [-0.39, 0.29) is 4.83 Å². The van der Waals surface area contributed by atoms with E-state index in [0.717, 1.165) is 28.0 Å². The first kappa shape index (κ1) is 12.6. The lowest BCUT2D eigenvalue weighted by Crippen LogP contribution is -2.00. The Hall–Kier alpha value is -0.810. The average molecular weight is 360 g/mol. The van der Waals surface area contributed by atoms with Crippen LogP contribution in [0, 0.1) is 0 Å². The van der Waals surface area contributed by atoms with Gasteiger partial charge < -0.3 is 9.72 Å². The Bertz CT molecular complexity index is 485. The normalized spacial score (nSPS) is 12.4. The number of nitrogens with one attached hydrogen (secondary N) is 1. The Balaban J connectivity index is 2.21. The first-order valence-corrected chi connectivity index (χ1v) is 6.87. The molecule has 0 saturated heterocycles. The van der Waals surface area contributed by atoms with Crippen molar-refractivity contribution in [1.29, 1.82) is 0 Å². The molecule has 2 aromatic rings. The van der Waals surface area contributed by atoms with Gasteiger partial charge in [0.2, 0.25) is 0 Å². The Kier molecular flexibility index (Phi) is 4.23. The van der Waals surface area contributed by atoms with Gasteiger partial charge in [-0.15, -0.1) is 0 Å². The van der Waals surface area contributed by atoms with Crippen LogP contribution in [0.1, 0.15) is 16.2 Å². The van der Waals surface area contributed by atoms with E-state index < -0.39 is 0 Å². The number of imidazole rings is 1. The van der Waals surface area contributed by atoms with Crippen LogP contribution in [0.2, 0.25) is 0 Å². The summed E-state index contributed by atoms with van der Waals surface area (Å²) in [5.74, 6) is 1.82. The minimum atomic E-state index is 0.177. The average Bonchev–Trinajstić information content (AvgIpc) is 2.81. The number of aromatic amines is 1. The van der Waals surface area contributed by atoms with Gasteiger partial charge >= 0.3 is 0 Å². The smallest absolute Gasteiger partial charge is 0.124 e. The molecule has 0 fully saturated rings. The second kappa shape index (κ2) is 5.69. The summed E-state index contributed by atoms with van der Waals surface area (Å²) >= 11 is 7.10. The minimum Gasteiger partial charge on any atom is -0.496 e. The van der Waals surface area contributed by atoms with E-state index in [9.17, 15) is 0 Å².